The highest BCUT2D eigenvalue weighted by Gasteiger charge is 2.23. The number of aryl methyl sites for hydroxylation is 1. The van der Waals surface area contributed by atoms with Gasteiger partial charge in [-0.2, -0.15) is 0 Å². The fourth-order valence-electron chi connectivity index (χ4n) is 2.33. The van der Waals surface area contributed by atoms with Crippen LogP contribution in [0.1, 0.15) is 23.1 Å². The SMILES string of the molecule is CCc1ccc(C(=O)N2CCN(CC(=O)NC)CC2)[nH]1. The van der Waals surface area contributed by atoms with Crippen LogP contribution in [0.25, 0.3) is 0 Å². The number of carbonyl (C=O) groups is 2. The third kappa shape index (κ3) is 3.39. The Balaban J connectivity index is 1.87. The Hall–Kier alpha value is -1.82. The molecule has 6 heteroatoms. The number of amides is 2. The first kappa shape index (κ1) is 14.6. The van der Waals surface area contributed by atoms with Crippen LogP contribution < -0.4 is 5.32 Å². The van der Waals surface area contributed by atoms with Crippen molar-refractivity contribution in [3.63, 3.8) is 0 Å². The molecule has 1 aromatic heterocycles. The van der Waals surface area contributed by atoms with Crippen molar-refractivity contribution in [1.29, 1.82) is 0 Å². The lowest BCUT2D eigenvalue weighted by Gasteiger charge is -2.34. The number of rotatable bonds is 4. The van der Waals surface area contributed by atoms with Crippen LogP contribution in [-0.4, -0.2) is 66.4 Å². The summed E-state index contributed by atoms with van der Waals surface area (Å²) in [5, 5.41) is 2.62. The van der Waals surface area contributed by atoms with Crippen molar-refractivity contribution in [3.8, 4) is 0 Å². The molecular weight excluding hydrogens is 256 g/mol. The second-order valence-corrected chi connectivity index (χ2v) is 4.99. The van der Waals surface area contributed by atoms with Gasteiger partial charge in [0.15, 0.2) is 0 Å². The lowest BCUT2D eigenvalue weighted by Crippen LogP contribution is -2.50. The van der Waals surface area contributed by atoms with E-state index in [1.807, 2.05) is 17.0 Å². The molecule has 1 aromatic rings. The van der Waals surface area contributed by atoms with Gasteiger partial charge < -0.3 is 15.2 Å². The number of aromatic amines is 1. The lowest BCUT2D eigenvalue weighted by atomic mass is 10.2. The average Bonchev–Trinajstić information content (AvgIpc) is 2.96. The van der Waals surface area contributed by atoms with Gasteiger partial charge in [0.05, 0.1) is 6.54 Å². The van der Waals surface area contributed by atoms with E-state index in [4.69, 9.17) is 0 Å². The molecule has 2 N–H and O–H groups in total. The molecule has 0 spiro atoms. The van der Waals surface area contributed by atoms with Crippen LogP contribution in [0.5, 0.6) is 0 Å². The molecule has 0 unspecified atom stereocenters. The number of H-pyrrole nitrogens is 1. The molecule has 1 aliphatic heterocycles. The van der Waals surface area contributed by atoms with Crippen LogP contribution in [0.2, 0.25) is 0 Å². The van der Waals surface area contributed by atoms with Gasteiger partial charge in [0.2, 0.25) is 5.91 Å². The van der Waals surface area contributed by atoms with Crippen LogP contribution >= 0.6 is 0 Å². The van der Waals surface area contributed by atoms with Crippen molar-refractivity contribution in [2.75, 3.05) is 39.8 Å². The number of nitrogens with one attached hydrogen (secondary N) is 2. The highest BCUT2D eigenvalue weighted by atomic mass is 16.2. The van der Waals surface area contributed by atoms with Crippen LogP contribution in [-0.2, 0) is 11.2 Å². The van der Waals surface area contributed by atoms with E-state index in [9.17, 15) is 9.59 Å². The molecule has 0 bridgehead atoms. The van der Waals surface area contributed by atoms with Gasteiger partial charge in [0, 0.05) is 38.9 Å². The summed E-state index contributed by atoms with van der Waals surface area (Å²) in [4.78, 5) is 30.7. The van der Waals surface area contributed by atoms with Gasteiger partial charge in [-0.1, -0.05) is 6.92 Å². The number of carbonyl (C=O) groups excluding carboxylic acids is 2. The Morgan fingerprint density at radius 2 is 1.95 bits per heavy atom. The van der Waals surface area contributed by atoms with Crippen LogP contribution in [0.15, 0.2) is 12.1 Å². The molecule has 6 nitrogen and oxygen atoms in total. The molecule has 1 saturated heterocycles. The first-order valence-corrected chi connectivity index (χ1v) is 7.04. The van der Waals surface area contributed by atoms with Crippen LogP contribution in [0, 0.1) is 0 Å². The van der Waals surface area contributed by atoms with E-state index in [0.29, 0.717) is 25.3 Å². The Bertz CT molecular complexity index is 475. The maximum absolute atomic E-state index is 12.3. The summed E-state index contributed by atoms with van der Waals surface area (Å²) in [5.41, 5.74) is 1.73. The Kier molecular flexibility index (Phi) is 4.79. The minimum absolute atomic E-state index is 0.0155. The minimum atomic E-state index is 0.0155. The Morgan fingerprint density at radius 3 is 2.50 bits per heavy atom. The molecule has 1 fully saturated rings. The normalized spacial score (nSPS) is 16.2. The van der Waals surface area contributed by atoms with Crippen LogP contribution in [0.3, 0.4) is 0 Å². The molecule has 0 atom stereocenters. The Morgan fingerprint density at radius 1 is 1.25 bits per heavy atom. The summed E-state index contributed by atoms with van der Waals surface area (Å²) in [5.74, 6) is 0.0611. The summed E-state index contributed by atoms with van der Waals surface area (Å²) < 4.78 is 0. The van der Waals surface area contributed by atoms with Gasteiger partial charge in [-0.15, -0.1) is 0 Å². The summed E-state index contributed by atoms with van der Waals surface area (Å²) in [6.45, 7) is 5.26. The third-order valence-electron chi connectivity index (χ3n) is 3.66. The fraction of sp³-hybridized carbons (Fsp3) is 0.571. The fourth-order valence-corrected chi connectivity index (χ4v) is 2.33. The maximum Gasteiger partial charge on any atom is 0.270 e. The van der Waals surface area contributed by atoms with Crippen molar-refractivity contribution >= 4 is 11.8 Å². The van der Waals surface area contributed by atoms with Crippen molar-refractivity contribution in [2.24, 2.45) is 0 Å². The van der Waals surface area contributed by atoms with Gasteiger partial charge >= 0.3 is 0 Å². The van der Waals surface area contributed by atoms with Gasteiger partial charge in [-0.3, -0.25) is 14.5 Å². The van der Waals surface area contributed by atoms with Crippen molar-refractivity contribution in [1.82, 2.24) is 20.1 Å². The average molecular weight is 278 g/mol. The summed E-state index contributed by atoms with van der Waals surface area (Å²) in [6, 6.07) is 3.80. The first-order valence-electron chi connectivity index (χ1n) is 7.04. The standard InChI is InChI=1S/C14H22N4O2/c1-3-11-4-5-12(16-11)14(20)18-8-6-17(7-9-18)10-13(19)15-2/h4-5,16H,3,6-10H2,1-2H3,(H,15,19). The van der Waals surface area contributed by atoms with E-state index in [0.717, 1.165) is 25.2 Å². The predicted octanol–water partition coefficient (Wildman–Crippen LogP) is 0.0809. The smallest absolute Gasteiger partial charge is 0.270 e. The van der Waals surface area contributed by atoms with Gasteiger partial charge in [-0.25, -0.2) is 0 Å². The highest BCUT2D eigenvalue weighted by molar-refractivity contribution is 5.92. The largest absolute Gasteiger partial charge is 0.358 e. The zero-order valence-electron chi connectivity index (χ0n) is 12.1. The molecule has 2 heterocycles. The van der Waals surface area contributed by atoms with Crippen molar-refractivity contribution < 1.29 is 9.59 Å². The number of likely N-dealkylation sites (N-methyl/N-ethyl adjacent to an activating group) is 1. The molecular formula is C14H22N4O2. The monoisotopic (exact) mass is 278 g/mol. The topological polar surface area (TPSA) is 68.4 Å². The molecule has 0 saturated carbocycles. The quantitative estimate of drug-likeness (QED) is 0.819. The molecule has 1 aliphatic rings. The Labute approximate surface area is 119 Å². The lowest BCUT2D eigenvalue weighted by molar-refractivity contribution is -0.122. The van der Waals surface area contributed by atoms with Gasteiger partial charge in [-0.05, 0) is 18.6 Å². The molecule has 0 aromatic carbocycles. The zero-order valence-corrected chi connectivity index (χ0v) is 12.1. The van der Waals surface area contributed by atoms with Gasteiger partial charge in [0.25, 0.3) is 5.91 Å². The molecule has 0 aliphatic carbocycles. The summed E-state index contributed by atoms with van der Waals surface area (Å²) in [7, 11) is 1.64. The number of hydrogen-bond donors (Lipinski definition) is 2. The van der Waals surface area contributed by atoms with E-state index in [1.54, 1.807) is 7.05 Å². The van der Waals surface area contributed by atoms with Gasteiger partial charge in [0.1, 0.15) is 5.69 Å². The number of aromatic nitrogens is 1. The van der Waals surface area contributed by atoms with E-state index < -0.39 is 0 Å². The molecule has 20 heavy (non-hydrogen) atoms. The van der Waals surface area contributed by atoms with E-state index in [-0.39, 0.29) is 11.8 Å². The number of piperazine rings is 1. The molecule has 2 amide bonds. The molecule has 0 radical (unpaired) electrons. The van der Waals surface area contributed by atoms with E-state index >= 15 is 0 Å². The number of hydrogen-bond acceptors (Lipinski definition) is 3. The maximum atomic E-state index is 12.3. The third-order valence-corrected chi connectivity index (χ3v) is 3.66. The summed E-state index contributed by atoms with van der Waals surface area (Å²) >= 11 is 0. The second-order valence-electron chi connectivity index (χ2n) is 4.99. The van der Waals surface area contributed by atoms with E-state index in [2.05, 4.69) is 22.1 Å². The van der Waals surface area contributed by atoms with Crippen molar-refractivity contribution in [2.45, 2.75) is 13.3 Å². The predicted molar refractivity (Wildman–Crippen MR) is 76.6 cm³/mol. The zero-order chi connectivity index (χ0) is 14.5. The molecule has 110 valence electrons. The molecule has 2 rings (SSSR count). The van der Waals surface area contributed by atoms with Crippen molar-refractivity contribution in [3.05, 3.63) is 23.5 Å². The second kappa shape index (κ2) is 6.56. The first-order chi connectivity index (χ1) is 9.63. The summed E-state index contributed by atoms with van der Waals surface area (Å²) in [6.07, 6.45) is 0.896. The highest BCUT2D eigenvalue weighted by Crippen LogP contribution is 2.09. The van der Waals surface area contributed by atoms with Crippen LogP contribution in [0.4, 0.5) is 0 Å². The number of nitrogens with zero attached hydrogens (tertiary/aromatic N) is 2. The van der Waals surface area contributed by atoms with E-state index in [1.165, 1.54) is 0 Å². The minimum Gasteiger partial charge on any atom is -0.358 e.